The minimum absolute atomic E-state index is 0.454. The highest BCUT2D eigenvalue weighted by atomic mass is 35.5. The van der Waals surface area contributed by atoms with Crippen LogP contribution in [0.4, 0.5) is 0 Å². The molecule has 0 bridgehead atoms. The molecule has 1 aromatic heterocycles. The standard InChI is InChI=1S/C15H17ClN2O/c1-11-7-12(9-18-8-11)10-19-15-13(5-6-17)3-2-4-14(15)16/h2-4,7-9H,5-6,10,17H2,1H3. The van der Waals surface area contributed by atoms with Gasteiger partial charge in [0.25, 0.3) is 0 Å². The van der Waals surface area contributed by atoms with Crippen molar-refractivity contribution < 1.29 is 4.74 Å². The third-order valence-electron chi connectivity index (χ3n) is 2.78. The fourth-order valence-corrected chi connectivity index (χ4v) is 2.17. The predicted octanol–water partition coefficient (Wildman–Crippen LogP) is 3.12. The molecule has 1 aromatic carbocycles. The van der Waals surface area contributed by atoms with Crippen LogP contribution in [0.2, 0.25) is 5.02 Å². The molecule has 0 aliphatic heterocycles. The Morgan fingerprint density at radius 3 is 2.89 bits per heavy atom. The van der Waals surface area contributed by atoms with Gasteiger partial charge in [0, 0.05) is 18.0 Å². The summed E-state index contributed by atoms with van der Waals surface area (Å²) in [6.45, 7) is 3.03. The van der Waals surface area contributed by atoms with E-state index in [4.69, 9.17) is 22.1 Å². The average Bonchev–Trinajstić information content (AvgIpc) is 2.38. The van der Waals surface area contributed by atoms with E-state index in [1.54, 1.807) is 6.20 Å². The maximum Gasteiger partial charge on any atom is 0.141 e. The SMILES string of the molecule is Cc1cncc(COc2c(Cl)cccc2CCN)c1. The molecule has 0 aliphatic rings. The van der Waals surface area contributed by atoms with Gasteiger partial charge in [0.05, 0.1) is 5.02 Å². The maximum atomic E-state index is 6.18. The first-order valence-corrected chi connectivity index (χ1v) is 6.59. The second-order valence-electron chi connectivity index (χ2n) is 4.43. The van der Waals surface area contributed by atoms with Gasteiger partial charge in [0.15, 0.2) is 0 Å². The number of rotatable bonds is 5. The van der Waals surface area contributed by atoms with Crippen LogP contribution in [-0.2, 0) is 13.0 Å². The first-order valence-electron chi connectivity index (χ1n) is 6.21. The lowest BCUT2D eigenvalue weighted by Crippen LogP contribution is -2.06. The molecular weight excluding hydrogens is 260 g/mol. The quantitative estimate of drug-likeness (QED) is 0.913. The molecule has 0 spiro atoms. The van der Waals surface area contributed by atoms with Gasteiger partial charge in [-0.25, -0.2) is 0 Å². The minimum Gasteiger partial charge on any atom is -0.487 e. The summed E-state index contributed by atoms with van der Waals surface area (Å²) in [7, 11) is 0. The van der Waals surface area contributed by atoms with Crippen LogP contribution in [-0.4, -0.2) is 11.5 Å². The van der Waals surface area contributed by atoms with Crippen LogP contribution < -0.4 is 10.5 Å². The first kappa shape index (κ1) is 13.8. The number of benzene rings is 1. The van der Waals surface area contributed by atoms with Gasteiger partial charge in [0.1, 0.15) is 12.4 Å². The van der Waals surface area contributed by atoms with Crippen molar-refractivity contribution in [3.05, 3.63) is 58.4 Å². The van der Waals surface area contributed by atoms with Crippen LogP contribution in [0.1, 0.15) is 16.7 Å². The predicted molar refractivity (Wildman–Crippen MR) is 77.5 cm³/mol. The maximum absolute atomic E-state index is 6.18. The minimum atomic E-state index is 0.454. The smallest absolute Gasteiger partial charge is 0.141 e. The number of hydrogen-bond donors (Lipinski definition) is 1. The Balaban J connectivity index is 2.14. The number of ether oxygens (including phenoxy) is 1. The van der Waals surface area contributed by atoms with Crippen molar-refractivity contribution >= 4 is 11.6 Å². The largest absolute Gasteiger partial charge is 0.487 e. The first-order chi connectivity index (χ1) is 9.20. The van der Waals surface area contributed by atoms with E-state index < -0.39 is 0 Å². The summed E-state index contributed by atoms with van der Waals surface area (Å²) in [4.78, 5) is 4.14. The Morgan fingerprint density at radius 1 is 1.32 bits per heavy atom. The monoisotopic (exact) mass is 276 g/mol. The molecular formula is C15H17ClN2O. The van der Waals surface area contributed by atoms with Crippen molar-refractivity contribution in [3.8, 4) is 5.75 Å². The van der Waals surface area contributed by atoms with Crippen LogP contribution in [0.5, 0.6) is 5.75 Å². The molecule has 100 valence electrons. The molecule has 0 amide bonds. The molecule has 0 unspecified atom stereocenters. The van der Waals surface area contributed by atoms with E-state index in [0.29, 0.717) is 18.2 Å². The topological polar surface area (TPSA) is 48.1 Å². The van der Waals surface area contributed by atoms with Crippen molar-refractivity contribution in [1.29, 1.82) is 0 Å². The molecule has 0 atom stereocenters. The number of aromatic nitrogens is 1. The van der Waals surface area contributed by atoms with E-state index in [-0.39, 0.29) is 0 Å². The summed E-state index contributed by atoms with van der Waals surface area (Å²) in [6, 6.07) is 7.77. The van der Waals surface area contributed by atoms with Gasteiger partial charge in [0.2, 0.25) is 0 Å². The number of nitrogens with zero attached hydrogens (tertiary/aromatic N) is 1. The Kier molecular flexibility index (Phi) is 4.77. The Hall–Kier alpha value is -1.58. The zero-order valence-electron chi connectivity index (χ0n) is 10.9. The van der Waals surface area contributed by atoms with Gasteiger partial charge in [-0.3, -0.25) is 4.98 Å². The lowest BCUT2D eigenvalue weighted by molar-refractivity contribution is 0.302. The highest BCUT2D eigenvalue weighted by molar-refractivity contribution is 6.32. The van der Waals surface area contributed by atoms with E-state index in [1.807, 2.05) is 37.4 Å². The number of hydrogen-bond acceptors (Lipinski definition) is 3. The Bertz CT molecular complexity index is 558. The number of pyridine rings is 1. The van der Waals surface area contributed by atoms with Crippen molar-refractivity contribution in [2.24, 2.45) is 5.73 Å². The van der Waals surface area contributed by atoms with Gasteiger partial charge >= 0.3 is 0 Å². The zero-order chi connectivity index (χ0) is 13.7. The zero-order valence-corrected chi connectivity index (χ0v) is 11.7. The summed E-state index contributed by atoms with van der Waals surface area (Å²) in [5, 5.41) is 0.617. The molecule has 0 aliphatic carbocycles. The lowest BCUT2D eigenvalue weighted by Gasteiger charge is -2.12. The van der Waals surface area contributed by atoms with E-state index >= 15 is 0 Å². The van der Waals surface area contributed by atoms with Crippen LogP contribution in [0.15, 0.2) is 36.7 Å². The summed E-state index contributed by atoms with van der Waals surface area (Å²) in [5.74, 6) is 0.719. The third-order valence-corrected chi connectivity index (χ3v) is 3.07. The molecule has 0 radical (unpaired) electrons. The van der Waals surface area contributed by atoms with Crippen LogP contribution >= 0.6 is 11.6 Å². The summed E-state index contributed by atoms with van der Waals surface area (Å²) in [6.07, 6.45) is 4.37. The van der Waals surface area contributed by atoms with E-state index in [2.05, 4.69) is 4.98 Å². The molecule has 4 heteroatoms. The average molecular weight is 277 g/mol. The highest BCUT2D eigenvalue weighted by Crippen LogP contribution is 2.29. The highest BCUT2D eigenvalue weighted by Gasteiger charge is 2.08. The lowest BCUT2D eigenvalue weighted by atomic mass is 10.1. The Labute approximate surface area is 118 Å². The summed E-state index contributed by atoms with van der Waals surface area (Å²) >= 11 is 6.18. The number of para-hydroxylation sites is 1. The van der Waals surface area contributed by atoms with Gasteiger partial charge in [-0.05, 0) is 43.1 Å². The molecule has 1 heterocycles. The van der Waals surface area contributed by atoms with Gasteiger partial charge < -0.3 is 10.5 Å². The van der Waals surface area contributed by atoms with E-state index in [9.17, 15) is 0 Å². The second-order valence-corrected chi connectivity index (χ2v) is 4.83. The van der Waals surface area contributed by atoms with Crippen LogP contribution in [0.25, 0.3) is 0 Å². The van der Waals surface area contributed by atoms with Crippen molar-refractivity contribution in [1.82, 2.24) is 4.98 Å². The molecule has 19 heavy (non-hydrogen) atoms. The molecule has 0 saturated heterocycles. The van der Waals surface area contributed by atoms with Gasteiger partial charge in [-0.2, -0.15) is 0 Å². The molecule has 2 rings (SSSR count). The van der Waals surface area contributed by atoms with Crippen LogP contribution in [0, 0.1) is 6.92 Å². The normalized spacial score (nSPS) is 10.5. The fraction of sp³-hybridized carbons (Fsp3) is 0.267. The van der Waals surface area contributed by atoms with Gasteiger partial charge in [-0.1, -0.05) is 23.7 Å². The summed E-state index contributed by atoms with van der Waals surface area (Å²) < 4.78 is 5.83. The Morgan fingerprint density at radius 2 is 2.16 bits per heavy atom. The number of aryl methyl sites for hydroxylation is 1. The van der Waals surface area contributed by atoms with Crippen molar-refractivity contribution in [3.63, 3.8) is 0 Å². The van der Waals surface area contributed by atoms with Gasteiger partial charge in [-0.15, -0.1) is 0 Å². The van der Waals surface area contributed by atoms with Crippen molar-refractivity contribution in [2.75, 3.05) is 6.54 Å². The number of halogens is 1. The molecule has 2 aromatic rings. The van der Waals surface area contributed by atoms with E-state index in [1.165, 1.54) is 0 Å². The third kappa shape index (κ3) is 3.69. The molecule has 3 nitrogen and oxygen atoms in total. The van der Waals surface area contributed by atoms with Crippen molar-refractivity contribution in [2.45, 2.75) is 20.0 Å². The summed E-state index contributed by atoms with van der Waals surface area (Å²) in [5.41, 5.74) is 8.78. The van der Waals surface area contributed by atoms with Crippen LogP contribution in [0.3, 0.4) is 0 Å². The second kappa shape index (κ2) is 6.55. The molecule has 0 saturated carbocycles. The molecule has 2 N–H and O–H groups in total. The number of nitrogens with two attached hydrogens (primary N) is 1. The molecule has 0 fully saturated rings. The van der Waals surface area contributed by atoms with E-state index in [0.717, 1.165) is 28.9 Å². The fourth-order valence-electron chi connectivity index (χ4n) is 1.92.